The minimum Gasteiger partial charge on any atom is -0.490 e. The van der Waals surface area contributed by atoms with Gasteiger partial charge in [0.05, 0.1) is 13.2 Å². The van der Waals surface area contributed by atoms with Gasteiger partial charge in [0.1, 0.15) is 29.6 Å². The summed E-state index contributed by atoms with van der Waals surface area (Å²) in [5.41, 5.74) is 1.21. The molecule has 2 heterocycles. The lowest BCUT2D eigenvalue weighted by atomic mass is 10.2. The standard InChI is InChI=1S/C18H22N2O6S/c1-14-2-4-15(5-3-14)25-10-11-26-18(21)17-12-16(13-19-17)27(22,23)20-6-8-24-9-7-20/h2-5,12-13,19H,6-11H2,1H3. The average Bonchev–Trinajstić information content (AvgIpc) is 3.18. The molecule has 1 aromatic heterocycles. The molecule has 2 aromatic rings. The van der Waals surface area contributed by atoms with E-state index in [0.717, 1.165) is 5.56 Å². The molecule has 1 fully saturated rings. The highest BCUT2D eigenvalue weighted by molar-refractivity contribution is 7.89. The summed E-state index contributed by atoms with van der Waals surface area (Å²) in [4.78, 5) is 14.8. The van der Waals surface area contributed by atoms with E-state index in [1.165, 1.54) is 16.6 Å². The van der Waals surface area contributed by atoms with Crippen molar-refractivity contribution in [1.82, 2.24) is 9.29 Å². The van der Waals surface area contributed by atoms with E-state index in [1.807, 2.05) is 31.2 Å². The van der Waals surface area contributed by atoms with E-state index in [2.05, 4.69) is 4.98 Å². The SMILES string of the molecule is Cc1ccc(OCCOC(=O)c2cc(S(=O)(=O)N3CCOCC3)c[nH]2)cc1. The molecular weight excluding hydrogens is 372 g/mol. The molecule has 1 aromatic carbocycles. The third-order valence-corrected chi connectivity index (χ3v) is 5.97. The van der Waals surface area contributed by atoms with Crippen LogP contribution in [0, 0.1) is 6.92 Å². The number of hydrogen-bond acceptors (Lipinski definition) is 6. The first kappa shape index (κ1) is 19.4. The molecule has 1 saturated heterocycles. The summed E-state index contributed by atoms with van der Waals surface area (Å²) in [6, 6.07) is 8.82. The molecule has 0 spiro atoms. The van der Waals surface area contributed by atoms with Crippen LogP contribution in [0.5, 0.6) is 5.75 Å². The Hall–Kier alpha value is -2.36. The molecule has 0 amide bonds. The third kappa shape index (κ3) is 4.88. The van der Waals surface area contributed by atoms with Crippen molar-refractivity contribution < 1.29 is 27.4 Å². The molecule has 0 unspecified atom stereocenters. The van der Waals surface area contributed by atoms with Gasteiger partial charge < -0.3 is 19.2 Å². The number of carbonyl (C=O) groups is 1. The van der Waals surface area contributed by atoms with E-state index >= 15 is 0 Å². The number of aromatic nitrogens is 1. The number of esters is 1. The number of aryl methyl sites for hydroxylation is 1. The van der Waals surface area contributed by atoms with Gasteiger partial charge in [-0.2, -0.15) is 4.31 Å². The minimum absolute atomic E-state index is 0.0345. The van der Waals surface area contributed by atoms with E-state index in [9.17, 15) is 13.2 Å². The van der Waals surface area contributed by atoms with Gasteiger partial charge in [0, 0.05) is 19.3 Å². The largest absolute Gasteiger partial charge is 0.490 e. The second-order valence-electron chi connectivity index (χ2n) is 6.06. The lowest BCUT2D eigenvalue weighted by Crippen LogP contribution is -2.40. The van der Waals surface area contributed by atoms with Crippen LogP contribution in [-0.2, 0) is 19.5 Å². The van der Waals surface area contributed by atoms with Crippen LogP contribution in [-0.4, -0.2) is 63.2 Å². The van der Waals surface area contributed by atoms with Crippen LogP contribution >= 0.6 is 0 Å². The fraction of sp³-hybridized carbons (Fsp3) is 0.389. The average molecular weight is 394 g/mol. The minimum atomic E-state index is -3.65. The molecule has 0 bridgehead atoms. The van der Waals surface area contributed by atoms with E-state index in [0.29, 0.717) is 32.1 Å². The van der Waals surface area contributed by atoms with Crippen LogP contribution in [0.4, 0.5) is 0 Å². The Balaban J connectivity index is 1.51. The van der Waals surface area contributed by atoms with Crippen LogP contribution in [0.3, 0.4) is 0 Å². The zero-order chi connectivity index (χ0) is 19.3. The fourth-order valence-corrected chi connectivity index (χ4v) is 3.99. The van der Waals surface area contributed by atoms with Crippen LogP contribution in [0.15, 0.2) is 41.4 Å². The van der Waals surface area contributed by atoms with Crippen molar-refractivity contribution in [2.75, 3.05) is 39.5 Å². The highest BCUT2D eigenvalue weighted by atomic mass is 32.2. The number of hydrogen-bond donors (Lipinski definition) is 1. The van der Waals surface area contributed by atoms with Crippen molar-refractivity contribution in [3.8, 4) is 5.75 Å². The number of nitrogens with zero attached hydrogens (tertiary/aromatic N) is 1. The first-order valence-electron chi connectivity index (χ1n) is 8.60. The molecule has 1 aliphatic rings. The van der Waals surface area contributed by atoms with Crippen LogP contribution < -0.4 is 4.74 Å². The van der Waals surface area contributed by atoms with E-state index < -0.39 is 16.0 Å². The Morgan fingerprint density at radius 3 is 2.59 bits per heavy atom. The summed E-state index contributed by atoms with van der Waals surface area (Å²) >= 11 is 0. The van der Waals surface area contributed by atoms with E-state index in [4.69, 9.17) is 14.2 Å². The predicted octanol–water partition coefficient (Wildman–Crippen LogP) is 1.58. The first-order chi connectivity index (χ1) is 13.0. The number of rotatable bonds is 7. The zero-order valence-corrected chi connectivity index (χ0v) is 15.8. The van der Waals surface area contributed by atoms with Crippen LogP contribution in [0.25, 0.3) is 0 Å². The van der Waals surface area contributed by atoms with Gasteiger partial charge in [-0.3, -0.25) is 0 Å². The van der Waals surface area contributed by atoms with Crippen molar-refractivity contribution in [3.05, 3.63) is 47.8 Å². The van der Waals surface area contributed by atoms with Crippen molar-refractivity contribution >= 4 is 16.0 Å². The molecule has 3 rings (SSSR count). The predicted molar refractivity (Wildman–Crippen MR) is 97.3 cm³/mol. The maximum atomic E-state index is 12.5. The number of morpholine rings is 1. The highest BCUT2D eigenvalue weighted by Gasteiger charge is 2.28. The van der Waals surface area contributed by atoms with Gasteiger partial charge in [0.15, 0.2) is 0 Å². The summed E-state index contributed by atoms with van der Waals surface area (Å²) < 4.78 is 42.2. The van der Waals surface area contributed by atoms with E-state index in [-0.39, 0.29) is 23.8 Å². The van der Waals surface area contributed by atoms with Crippen LogP contribution in [0.1, 0.15) is 16.1 Å². The highest BCUT2D eigenvalue weighted by Crippen LogP contribution is 2.18. The molecule has 8 nitrogen and oxygen atoms in total. The molecule has 27 heavy (non-hydrogen) atoms. The Labute approximate surface area is 158 Å². The normalized spacial score (nSPS) is 15.4. The molecule has 146 valence electrons. The summed E-state index contributed by atoms with van der Waals surface area (Å²) in [5.74, 6) is 0.0568. The number of sulfonamides is 1. The maximum Gasteiger partial charge on any atom is 0.354 e. The third-order valence-electron chi connectivity index (χ3n) is 4.09. The van der Waals surface area contributed by atoms with Gasteiger partial charge in [-0.05, 0) is 25.1 Å². The number of nitrogens with one attached hydrogen (secondary N) is 1. The molecular formula is C18H22N2O6S. The number of benzene rings is 1. The van der Waals surface area contributed by atoms with Gasteiger partial charge in [0.25, 0.3) is 0 Å². The monoisotopic (exact) mass is 394 g/mol. The smallest absolute Gasteiger partial charge is 0.354 e. The molecule has 9 heteroatoms. The van der Waals surface area contributed by atoms with Crippen molar-refractivity contribution in [2.24, 2.45) is 0 Å². The number of ether oxygens (including phenoxy) is 3. The molecule has 0 saturated carbocycles. The Kier molecular flexibility index (Phi) is 6.15. The molecule has 0 aliphatic carbocycles. The van der Waals surface area contributed by atoms with Gasteiger partial charge >= 0.3 is 5.97 Å². The Morgan fingerprint density at radius 1 is 1.19 bits per heavy atom. The molecule has 1 N–H and O–H groups in total. The quantitative estimate of drug-likeness (QED) is 0.566. The van der Waals surface area contributed by atoms with Gasteiger partial charge in [-0.25, -0.2) is 13.2 Å². The summed E-state index contributed by atoms with van der Waals surface area (Å²) in [6.45, 7) is 3.55. The lowest BCUT2D eigenvalue weighted by molar-refractivity contribution is 0.0444. The summed E-state index contributed by atoms with van der Waals surface area (Å²) in [5, 5.41) is 0. The lowest BCUT2D eigenvalue weighted by Gasteiger charge is -2.25. The molecule has 0 atom stereocenters. The molecule has 1 aliphatic heterocycles. The first-order valence-corrected chi connectivity index (χ1v) is 10.0. The van der Waals surface area contributed by atoms with Crippen molar-refractivity contribution in [3.63, 3.8) is 0 Å². The van der Waals surface area contributed by atoms with Gasteiger partial charge in [-0.15, -0.1) is 0 Å². The Morgan fingerprint density at radius 2 is 1.89 bits per heavy atom. The topological polar surface area (TPSA) is 97.9 Å². The maximum absolute atomic E-state index is 12.5. The second-order valence-corrected chi connectivity index (χ2v) is 8.00. The fourth-order valence-electron chi connectivity index (χ4n) is 2.58. The summed E-state index contributed by atoms with van der Waals surface area (Å²) in [6.07, 6.45) is 1.30. The number of aromatic amines is 1. The summed E-state index contributed by atoms with van der Waals surface area (Å²) in [7, 11) is -3.65. The van der Waals surface area contributed by atoms with Gasteiger partial charge in [-0.1, -0.05) is 17.7 Å². The number of carbonyl (C=O) groups excluding carboxylic acids is 1. The van der Waals surface area contributed by atoms with E-state index in [1.54, 1.807) is 0 Å². The van der Waals surface area contributed by atoms with Gasteiger partial charge in [0.2, 0.25) is 10.0 Å². The molecule has 0 radical (unpaired) electrons. The van der Waals surface area contributed by atoms with Crippen LogP contribution in [0.2, 0.25) is 0 Å². The van der Waals surface area contributed by atoms with Crippen molar-refractivity contribution in [1.29, 1.82) is 0 Å². The second kappa shape index (κ2) is 8.55. The van der Waals surface area contributed by atoms with Crippen molar-refractivity contribution in [2.45, 2.75) is 11.8 Å². The number of H-pyrrole nitrogens is 1. The Bertz CT molecular complexity index is 870. The zero-order valence-electron chi connectivity index (χ0n) is 15.0.